The zero-order valence-corrected chi connectivity index (χ0v) is 7.69. The predicted octanol–water partition coefficient (Wildman–Crippen LogP) is 3.44. The first-order valence-electron chi connectivity index (χ1n) is 4.36. The Labute approximate surface area is 69.0 Å². The summed E-state index contributed by atoms with van der Waals surface area (Å²) >= 11 is 6.01. The first-order chi connectivity index (χ1) is 4.72. The molecule has 0 saturated heterocycles. The van der Waals surface area contributed by atoms with Crippen LogP contribution in [0.15, 0.2) is 0 Å². The van der Waals surface area contributed by atoms with Crippen molar-refractivity contribution in [3.05, 3.63) is 0 Å². The van der Waals surface area contributed by atoms with Gasteiger partial charge in [0.25, 0.3) is 0 Å². The molecule has 10 heavy (non-hydrogen) atoms. The van der Waals surface area contributed by atoms with Gasteiger partial charge in [-0.1, -0.05) is 32.6 Å². The molecule has 0 aliphatic heterocycles. The maximum absolute atomic E-state index is 6.01. The highest BCUT2D eigenvalue weighted by atomic mass is 35.5. The van der Waals surface area contributed by atoms with E-state index in [2.05, 4.69) is 13.8 Å². The molecule has 0 spiro atoms. The van der Waals surface area contributed by atoms with Gasteiger partial charge < -0.3 is 0 Å². The van der Waals surface area contributed by atoms with Crippen molar-refractivity contribution in [2.45, 2.75) is 44.9 Å². The van der Waals surface area contributed by atoms with E-state index in [1.54, 1.807) is 0 Å². The van der Waals surface area contributed by atoms with E-state index >= 15 is 0 Å². The Kier molecular flexibility index (Phi) is 3.03. The van der Waals surface area contributed by atoms with Crippen LogP contribution in [-0.2, 0) is 0 Å². The molecule has 2 atom stereocenters. The number of rotatable bonds is 2. The van der Waals surface area contributed by atoms with E-state index in [9.17, 15) is 0 Å². The van der Waals surface area contributed by atoms with Crippen molar-refractivity contribution in [2.24, 2.45) is 11.8 Å². The summed E-state index contributed by atoms with van der Waals surface area (Å²) in [6.45, 7) is 4.40. The smallest absolute Gasteiger partial charge is 0.0336 e. The molecular formula is C9H17Cl. The predicted molar refractivity (Wildman–Crippen MR) is 46.4 cm³/mol. The van der Waals surface area contributed by atoms with Gasteiger partial charge in [-0.3, -0.25) is 0 Å². The van der Waals surface area contributed by atoms with Gasteiger partial charge in [0, 0.05) is 5.38 Å². The Balaban J connectivity index is 2.32. The molecule has 1 saturated carbocycles. The first-order valence-corrected chi connectivity index (χ1v) is 4.79. The van der Waals surface area contributed by atoms with Crippen LogP contribution in [0.5, 0.6) is 0 Å². The minimum absolute atomic E-state index is 0.364. The van der Waals surface area contributed by atoms with Crippen molar-refractivity contribution in [1.29, 1.82) is 0 Å². The monoisotopic (exact) mass is 160 g/mol. The summed E-state index contributed by atoms with van der Waals surface area (Å²) in [7, 11) is 0. The molecule has 1 heteroatoms. The maximum atomic E-state index is 6.01. The van der Waals surface area contributed by atoms with Gasteiger partial charge in [0.1, 0.15) is 0 Å². The fourth-order valence-corrected chi connectivity index (χ4v) is 2.06. The van der Waals surface area contributed by atoms with Crippen molar-refractivity contribution < 1.29 is 0 Å². The second kappa shape index (κ2) is 3.61. The lowest BCUT2D eigenvalue weighted by molar-refractivity contribution is 0.362. The van der Waals surface area contributed by atoms with Crippen LogP contribution in [0.1, 0.15) is 39.5 Å². The highest BCUT2D eigenvalue weighted by molar-refractivity contribution is 6.20. The fraction of sp³-hybridized carbons (Fsp3) is 1.00. The van der Waals surface area contributed by atoms with E-state index in [-0.39, 0.29) is 0 Å². The largest absolute Gasteiger partial charge is 0.123 e. The van der Waals surface area contributed by atoms with Crippen molar-refractivity contribution in [1.82, 2.24) is 0 Å². The van der Waals surface area contributed by atoms with Gasteiger partial charge in [0.2, 0.25) is 0 Å². The number of halogens is 1. The zero-order chi connectivity index (χ0) is 7.56. The third-order valence-corrected chi connectivity index (χ3v) is 3.27. The third-order valence-electron chi connectivity index (χ3n) is 2.87. The van der Waals surface area contributed by atoms with Crippen LogP contribution in [0.2, 0.25) is 0 Å². The molecule has 0 heterocycles. The van der Waals surface area contributed by atoms with Crippen LogP contribution in [0, 0.1) is 11.8 Å². The summed E-state index contributed by atoms with van der Waals surface area (Å²) in [4.78, 5) is 0. The minimum atomic E-state index is 0.364. The molecule has 0 aromatic carbocycles. The van der Waals surface area contributed by atoms with Crippen molar-refractivity contribution >= 4 is 11.6 Å². The van der Waals surface area contributed by atoms with Gasteiger partial charge >= 0.3 is 0 Å². The fourth-order valence-electron chi connectivity index (χ4n) is 1.86. The van der Waals surface area contributed by atoms with E-state index in [0.717, 1.165) is 11.8 Å². The molecular weight excluding hydrogens is 144 g/mol. The van der Waals surface area contributed by atoms with Crippen LogP contribution in [0.3, 0.4) is 0 Å². The Morgan fingerprint density at radius 3 is 2.10 bits per heavy atom. The molecule has 1 aliphatic carbocycles. The third kappa shape index (κ3) is 1.88. The first kappa shape index (κ1) is 8.39. The quantitative estimate of drug-likeness (QED) is 0.543. The second-order valence-electron chi connectivity index (χ2n) is 3.58. The molecule has 0 nitrogen and oxygen atoms in total. The van der Waals surface area contributed by atoms with Gasteiger partial charge in [0.05, 0.1) is 0 Å². The molecule has 0 radical (unpaired) electrons. The van der Waals surface area contributed by atoms with Crippen LogP contribution in [-0.4, -0.2) is 5.38 Å². The van der Waals surface area contributed by atoms with Crippen LogP contribution in [0.4, 0.5) is 0 Å². The highest BCUT2D eigenvalue weighted by Crippen LogP contribution is 2.34. The highest BCUT2D eigenvalue weighted by Gasteiger charge is 2.24. The molecule has 0 bridgehead atoms. The lowest BCUT2D eigenvalue weighted by Gasteiger charge is -2.20. The summed E-state index contributed by atoms with van der Waals surface area (Å²) in [6.07, 6.45) is 5.69. The normalized spacial score (nSPS) is 26.7. The van der Waals surface area contributed by atoms with E-state index < -0.39 is 0 Å². The maximum Gasteiger partial charge on any atom is 0.0336 e. The van der Waals surface area contributed by atoms with Gasteiger partial charge in [-0.15, -0.1) is 11.6 Å². The van der Waals surface area contributed by atoms with Crippen LogP contribution >= 0.6 is 11.6 Å². The molecule has 2 unspecified atom stereocenters. The Morgan fingerprint density at radius 1 is 1.20 bits per heavy atom. The Bertz CT molecular complexity index is 92.9. The van der Waals surface area contributed by atoms with E-state index in [0.29, 0.717) is 5.38 Å². The second-order valence-corrected chi connectivity index (χ2v) is 4.27. The minimum Gasteiger partial charge on any atom is -0.123 e. The van der Waals surface area contributed by atoms with Gasteiger partial charge in [-0.25, -0.2) is 0 Å². The summed E-state index contributed by atoms with van der Waals surface area (Å²) in [5.74, 6) is 1.65. The van der Waals surface area contributed by atoms with Crippen LogP contribution in [0.25, 0.3) is 0 Å². The summed E-state index contributed by atoms with van der Waals surface area (Å²) in [5.41, 5.74) is 0. The standard InChI is InChI=1S/C9H17Cl/c1-7(8(2)10)9-5-3-4-6-9/h7-9H,3-6H2,1-2H3. The molecule has 0 amide bonds. The SMILES string of the molecule is CC(Cl)C(C)C1CCCC1. The van der Waals surface area contributed by atoms with Crippen molar-refractivity contribution in [3.8, 4) is 0 Å². The molecule has 1 aliphatic rings. The van der Waals surface area contributed by atoms with E-state index in [1.165, 1.54) is 25.7 Å². The van der Waals surface area contributed by atoms with E-state index in [4.69, 9.17) is 11.6 Å². The van der Waals surface area contributed by atoms with Gasteiger partial charge in [0.15, 0.2) is 0 Å². The summed E-state index contributed by atoms with van der Waals surface area (Å²) < 4.78 is 0. The molecule has 1 rings (SSSR count). The zero-order valence-electron chi connectivity index (χ0n) is 6.94. The van der Waals surface area contributed by atoms with Gasteiger partial charge in [-0.05, 0) is 18.8 Å². The topological polar surface area (TPSA) is 0 Å². The molecule has 0 aromatic heterocycles. The Hall–Kier alpha value is 0.290. The van der Waals surface area contributed by atoms with E-state index in [1.807, 2.05) is 0 Å². The number of hydrogen-bond donors (Lipinski definition) is 0. The summed E-state index contributed by atoms with van der Waals surface area (Å²) in [6, 6.07) is 0. The van der Waals surface area contributed by atoms with Crippen molar-refractivity contribution in [2.75, 3.05) is 0 Å². The molecule has 0 aromatic rings. The van der Waals surface area contributed by atoms with Crippen LogP contribution < -0.4 is 0 Å². The number of alkyl halides is 1. The summed E-state index contributed by atoms with van der Waals surface area (Å²) in [5, 5.41) is 0.364. The van der Waals surface area contributed by atoms with Crippen molar-refractivity contribution in [3.63, 3.8) is 0 Å². The molecule has 0 N–H and O–H groups in total. The molecule has 1 fully saturated rings. The molecule has 60 valence electrons. The lowest BCUT2D eigenvalue weighted by atomic mass is 9.90. The van der Waals surface area contributed by atoms with Gasteiger partial charge in [-0.2, -0.15) is 0 Å². The average Bonchev–Trinajstić information content (AvgIpc) is 2.36. The number of hydrogen-bond acceptors (Lipinski definition) is 0. The average molecular weight is 161 g/mol. The lowest BCUT2D eigenvalue weighted by Crippen LogP contribution is -2.16. The Morgan fingerprint density at radius 2 is 1.70 bits per heavy atom.